The van der Waals surface area contributed by atoms with Crippen LogP contribution in [0.25, 0.3) is 5.69 Å². The second-order valence-electron chi connectivity index (χ2n) is 6.02. The highest BCUT2D eigenvalue weighted by atomic mass is 16.5. The van der Waals surface area contributed by atoms with Crippen LogP contribution in [0.15, 0.2) is 60.9 Å². The molecule has 24 heavy (non-hydrogen) atoms. The maximum Gasteiger partial charge on any atom is 0.126 e. The zero-order chi connectivity index (χ0) is 16.4. The highest BCUT2D eigenvalue weighted by molar-refractivity contribution is 5.45. The van der Waals surface area contributed by atoms with E-state index >= 15 is 0 Å². The van der Waals surface area contributed by atoms with E-state index in [1.807, 2.05) is 41.2 Å². The van der Waals surface area contributed by atoms with Crippen molar-refractivity contribution in [3.63, 3.8) is 0 Å². The Kier molecular flexibility index (Phi) is 3.95. The van der Waals surface area contributed by atoms with Gasteiger partial charge in [0.1, 0.15) is 18.1 Å². The molecule has 0 spiro atoms. The van der Waals surface area contributed by atoms with Crippen LogP contribution in [-0.2, 0) is 6.61 Å². The Balaban J connectivity index is 1.42. The van der Waals surface area contributed by atoms with E-state index in [1.165, 1.54) is 5.56 Å². The fourth-order valence-corrected chi connectivity index (χ4v) is 3.02. The molecule has 1 aromatic heterocycles. The molecule has 122 valence electrons. The summed E-state index contributed by atoms with van der Waals surface area (Å²) in [5.74, 6) is 2.33. The van der Waals surface area contributed by atoms with Crippen molar-refractivity contribution in [3.05, 3.63) is 72.1 Å². The second-order valence-corrected chi connectivity index (χ2v) is 6.02. The molecule has 4 nitrogen and oxygen atoms in total. The Bertz CT molecular complexity index is 810. The first-order valence-electron chi connectivity index (χ1n) is 8.32. The summed E-state index contributed by atoms with van der Waals surface area (Å²) in [5.41, 5.74) is 3.47. The van der Waals surface area contributed by atoms with Gasteiger partial charge in [-0.1, -0.05) is 25.1 Å². The summed E-state index contributed by atoms with van der Waals surface area (Å²) >= 11 is 0. The van der Waals surface area contributed by atoms with Crippen molar-refractivity contribution in [2.45, 2.75) is 25.9 Å². The average molecular weight is 320 g/mol. The van der Waals surface area contributed by atoms with E-state index in [0.717, 1.165) is 35.8 Å². The lowest BCUT2D eigenvalue weighted by Crippen LogP contribution is -1.98. The van der Waals surface area contributed by atoms with Gasteiger partial charge in [-0.3, -0.25) is 0 Å². The zero-order valence-corrected chi connectivity index (χ0v) is 13.7. The van der Waals surface area contributed by atoms with Gasteiger partial charge in [-0.05, 0) is 36.2 Å². The van der Waals surface area contributed by atoms with E-state index in [9.17, 15) is 0 Å². The Morgan fingerprint density at radius 3 is 2.83 bits per heavy atom. The van der Waals surface area contributed by atoms with Crippen molar-refractivity contribution in [2.75, 3.05) is 6.61 Å². The number of fused-ring (bicyclic) bond motifs is 1. The fourth-order valence-electron chi connectivity index (χ4n) is 3.02. The van der Waals surface area contributed by atoms with Crippen molar-refractivity contribution in [2.24, 2.45) is 0 Å². The van der Waals surface area contributed by atoms with Crippen LogP contribution in [0.5, 0.6) is 11.5 Å². The minimum Gasteiger partial charge on any atom is -0.493 e. The number of ether oxygens (including phenoxy) is 2. The van der Waals surface area contributed by atoms with Crippen LogP contribution < -0.4 is 9.47 Å². The largest absolute Gasteiger partial charge is 0.493 e. The normalized spacial score (nSPS) is 15.8. The van der Waals surface area contributed by atoms with E-state index in [2.05, 4.69) is 30.2 Å². The van der Waals surface area contributed by atoms with Gasteiger partial charge >= 0.3 is 0 Å². The van der Waals surface area contributed by atoms with E-state index < -0.39 is 0 Å². The van der Waals surface area contributed by atoms with Crippen molar-refractivity contribution in [1.29, 1.82) is 0 Å². The fraction of sp³-hybridized carbons (Fsp3) is 0.250. The first kappa shape index (κ1) is 14.8. The third kappa shape index (κ3) is 2.87. The van der Waals surface area contributed by atoms with Crippen LogP contribution in [-0.4, -0.2) is 16.4 Å². The molecule has 0 fully saturated rings. The van der Waals surface area contributed by atoms with E-state index in [1.54, 1.807) is 6.20 Å². The van der Waals surface area contributed by atoms with Crippen LogP contribution in [0, 0.1) is 0 Å². The quantitative estimate of drug-likeness (QED) is 0.702. The topological polar surface area (TPSA) is 36.3 Å². The van der Waals surface area contributed by atoms with Gasteiger partial charge in [-0.25, -0.2) is 4.68 Å². The minimum atomic E-state index is 0.517. The Morgan fingerprint density at radius 1 is 1.21 bits per heavy atom. The first-order valence-corrected chi connectivity index (χ1v) is 8.32. The smallest absolute Gasteiger partial charge is 0.126 e. The van der Waals surface area contributed by atoms with Crippen LogP contribution in [0.3, 0.4) is 0 Å². The minimum absolute atomic E-state index is 0.517. The van der Waals surface area contributed by atoms with Gasteiger partial charge in [-0.15, -0.1) is 0 Å². The van der Waals surface area contributed by atoms with Gasteiger partial charge in [-0.2, -0.15) is 5.10 Å². The van der Waals surface area contributed by atoms with E-state index in [-0.39, 0.29) is 0 Å². The zero-order valence-electron chi connectivity index (χ0n) is 13.7. The SMILES string of the molecule is CCC1COc2cc(OCc3ccc(-n4cccn4)cc3)ccc21. The van der Waals surface area contributed by atoms with Crippen molar-refractivity contribution in [1.82, 2.24) is 9.78 Å². The summed E-state index contributed by atoms with van der Waals surface area (Å²) < 4.78 is 13.5. The van der Waals surface area contributed by atoms with Crippen LogP contribution in [0.4, 0.5) is 0 Å². The maximum atomic E-state index is 5.91. The Hall–Kier alpha value is -2.75. The molecular formula is C20H20N2O2. The molecule has 0 saturated heterocycles. The van der Waals surface area contributed by atoms with Crippen molar-refractivity contribution < 1.29 is 9.47 Å². The monoisotopic (exact) mass is 320 g/mol. The molecule has 0 amide bonds. The number of aromatic nitrogens is 2. The van der Waals surface area contributed by atoms with Gasteiger partial charge in [0.25, 0.3) is 0 Å². The average Bonchev–Trinajstić information content (AvgIpc) is 3.29. The molecule has 0 saturated carbocycles. The molecule has 1 aliphatic rings. The lowest BCUT2D eigenvalue weighted by Gasteiger charge is -2.09. The van der Waals surface area contributed by atoms with E-state index in [4.69, 9.17) is 9.47 Å². The molecule has 2 heterocycles. The lowest BCUT2D eigenvalue weighted by atomic mass is 9.99. The highest BCUT2D eigenvalue weighted by Crippen LogP contribution is 2.38. The molecule has 2 aromatic carbocycles. The van der Waals surface area contributed by atoms with Crippen LogP contribution in [0.1, 0.15) is 30.4 Å². The highest BCUT2D eigenvalue weighted by Gasteiger charge is 2.22. The molecular weight excluding hydrogens is 300 g/mol. The number of hydrogen-bond donors (Lipinski definition) is 0. The molecule has 3 aromatic rings. The predicted molar refractivity (Wildman–Crippen MR) is 92.9 cm³/mol. The summed E-state index contributed by atoms with van der Waals surface area (Å²) in [6, 6.07) is 16.3. The van der Waals surface area contributed by atoms with Gasteiger partial charge in [0, 0.05) is 29.9 Å². The summed E-state index contributed by atoms with van der Waals surface area (Å²) in [4.78, 5) is 0. The van der Waals surface area contributed by atoms with Gasteiger partial charge in [0.15, 0.2) is 0 Å². The van der Waals surface area contributed by atoms with E-state index in [0.29, 0.717) is 12.5 Å². The molecule has 4 rings (SSSR count). The van der Waals surface area contributed by atoms with Gasteiger partial charge in [0.05, 0.1) is 12.3 Å². The van der Waals surface area contributed by atoms with Crippen LogP contribution >= 0.6 is 0 Å². The van der Waals surface area contributed by atoms with Crippen molar-refractivity contribution in [3.8, 4) is 17.2 Å². The van der Waals surface area contributed by atoms with Gasteiger partial charge < -0.3 is 9.47 Å². The lowest BCUT2D eigenvalue weighted by molar-refractivity contribution is 0.300. The first-order chi connectivity index (χ1) is 11.8. The Labute approximate surface area is 141 Å². The predicted octanol–water partition coefficient (Wildman–Crippen LogP) is 4.34. The summed E-state index contributed by atoms with van der Waals surface area (Å²) in [6.45, 7) is 3.51. The molecule has 1 aliphatic heterocycles. The summed E-state index contributed by atoms with van der Waals surface area (Å²) in [6.07, 6.45) is 4.81. The molecule has 1 atom stereocenters. The molecule has 0 aliphatic carbocycles. The third-order valence-electron chi connectivity index (χ3n) is 4.47. The summed E-state index contributed by atoms with van der Waals surface area (Å²) in [7, 11) is 0. The van der Waals surface area contributed by atoms with Crippen molar-refractivity contribution >= 4 is 0 Å². The van der Waals surface area contributed by atoms with Gasteiger partial charge in [0.2, 0.25) is 0 Å². The number of nitrogens with zero attached hydrogens (tertiary/aromatic N) is 2. The number of hydrogen-bond acceptors (Lipinski definition) is 3. The summed E-state index contributed by atoms with van der Waals surface area (Å²) in [5, 5.41) is 4.23. The van der Waals surface area contributed by atoms with Crippen LogP contribution in [0.2, 0.25) is 0 Å². The molecule has 1 unspecified atom stereocenters. The second kappa shape index (κ2) is 6.40. The molecule has 0 N–H and O–H groups in total. The number of benzene rings is 2. The third-order valence-corrected chi connectivity index (χ3v) is 4.47. The molecule has 0 bridgehead atoms. The number of rotatable bonds is 5. The Morgan fingerprint density at radius 2 is 2.08 bits per heavy atom. The molecule has 4 heteroatoms. The standard InChI is InChI=1S/C20H20N2O2/c1-2-16-14-24-20-12-18(8-9-19(16)20)23-13-15-4-6-17(7-5-15)22-11-3-10-21-22/h3-12,16H,2,13-14H2,1H3. The maximum absolute atomic E-state index is 5.91. The molecule has 0 radical (unpaired) electrons.